The molecule has 1 saturated carbocycles. The molecule has 1 aliphatic carbocycles. The van der Waals surface area contributed by atoms with Crippen LogP contribution in [0.15, 0.2) is 28.7 Å². The van der Waals surface area contributed by atoms with Crippen LogP contribution in [0, 0.1) is 6.92 Å². The molecular formula is C15H17BrN2O. The second-order valence-corrected chi connectivity index (χ2v) is 6.27. The van der Waals surface area contributed by atoms with Crippen molar-refractivity contribution in [1.29, 1.82) is 0 Å². The Morgan fingerprint density at radius 1 is 1.32 bits per heavy atom. The van der Waals surface area contributed by atoms with Crippen molar-refractivity contribution in [2.45, 2.75) is 31.6 Å². The Morgan fingerprint density at radius 2 is 2.00 bits per heavy atom. The second-order valence-electron chi connectivity index (χ2n) is 5.36. The van der Waals surface area contributed by atoms with Crippen molar-refractivity contribution < 1.29 is 5.11 Å². The number of hydrogen-bond donors (Lipinski definition) is 2. The number of nitrogens with zero attached hydrogens (tertiary/aromatic N) is 1. The van der Waals surface area contributed by atoms with Crippen LogP contribution in [0.1, 0.15) is 30.8 Å². The number of hydrogen-bond acceptors (Lipinski definition) is 2. The SMILES string of the molecule is Cc1[nH]c(C2(CO)CCC2)nc1-c1ccc(Br)cc1. The minimum atomic E-state index is -0.127. The van der Waals surface area contributed by atoms with Gasteiger partial charge >= 0.3 is 0 Å². The van der Waals surface area contributed by atoms with E-state index in [9.17, 15) is 5.11 Å². The van der Waals surface area contributed by atoms with E-state index < -0.39 is 0 Å². The van der Waals surface area contributed by atoms with Crippen LogP contribution in [0.25, 0.3) is 11.3 Å². The number of aromatic nitrogens is 2. The molecule has 1 aromatic carbocycles. The number of imidazole rings is 1. The maximum Gasteiger partial charge on any atom is 0.115 e. The van der Waals surface area contributed by atoms with Crippen molar-refractivity contribution in [3.05, 3.63) is 40.3 Å². The number of aliphatic hydroxyl groups excluding tert-OH is 1. The molecular weight excluding hydrogens is 304 g/mol. The third-order valence-electron chi connectivity index (χ3n) is 4.12. The maximum atomic E-state index is 9.63. The zero-order valence-electron chi connectivity index (χ0n) is 10.9. The smallest absolute Gasteiger partial charge is 0.115 e. The van der Waals surface area contributed by atoms with Crippen LogP contribution in [0.3, 0.4) is 0 Å². The number of H-pyrrole nitrogens is 1. The summed E-state index contributed by atoms with van der Waals surface area (Å²) in [7, 11) is 0. The van der Waals surface area contributed by atoms with E-state index in [2.05, 4.69) is 33.0 Å². The fourth-order valence-electron chi connectivity index (χ4n) is 2.67. The highest BCUT2D eigenvalue weighted by Gasteiger charge is 2.41. The molecule has 2 N–H and O–H groups in total. The Hall–Kier alpha value is -1.13. The maximum absolute atomic E-state index is 9.63. The summed E-state index contributed by atoms with van der Waals surface area (Å²) in [6.07, 6.45) is 3.22. The molecule has 1 aliphatic rings. The Kier molecular flexibility index (Phi) is 3.23. The molecule has 0 amide bonds. The zero-order chi connectivity index (χ0) is 13.5. The van der Waals surface area contributed by atoms with E-state index in [1.54, 1.807) is 0 Å². The van der Waals surface area contributed by atoms with E-state index in [0.29, 0.717) is 0 Å². The van der Waals surface area contributed by atoms with Crippen LogP contribution in [0.2, 0.25) is 0 Å². The summed E-state index contributed by atoms with van der Waals surface area (Å²) in [6, 6.07) is 8.16. The number of aliphatic hydroxyl groups is 1. The van der Waals surface area contributed by atoms with Gasteiger partial charge in [0.05, 0.1) is 17.7 Å². The standard InChI is InChI=1S/C15H17BrN2O/c1-10-13(11-3-5-12(16)6-4-11)18-14(17-10)15(9-19)7-2-8-15/h3-6,19H,2,7-9H2,1H3,(H,17,18). The molecule has 4 heteroatoms. The number of aromatic amines is 1. The lowest BCUT2D eigenvalue weighted by Crippen LogP contribution is -2.39. The Bertz CT molecular complexity index is 579. The van der Waals surface area contributed by atoms with E-state index in [4.69, 9.17) is 4.98 Å². The third kappa shape index (κ3) is 2.13. The number of aryl methyl sites for hydroxylation is 1. The predicted molar refractivity (Wildman–Crippen MR) is 79.1 cm³/mol. The Morgan fingerprint density at radius 3 is 2.53 bits per heavy atom. The normalized spacial score (nSPS) is 17.2. The molecule has 19 heavy (non-hydrogen) atoms. The van der Waals surface area contributed by atoms with Crippen molar-refractivity contribution in [3.63, 3.8) is 0 Å². The Labute approximate surface area is 121 Å². The van der Waals surface area contributed by atoms with Gasteiger partial charge in [-0.05, 0) is 31.9 Å². The van der Waals surface area contributed by atoms with Crippen molar-refractivity contribution in [1.82, 2.24) is 9.97 Å². The van der Waals surface area contributed by atoms with E-state index in [-0.39, 0.29) is 12.0 Å². The fraction of sp³-hybridized carbons (Fsp3) is 0.400. The Balaban J connectivity index is 2.00. The molecule has 2 aromatic rings. The summed E-state index contributed by atoms with van der Waals surface area (Å²) in [6.45, 7) is 2.22. The van der Waals surface area contributed by atoms with Gasteiger partial charge in [-0.3, -0.25) is 0 Å². The van der Waals surface area contributed by atoms with E-state index in [1.807, 2.05) is 19.1 Å². The molecule has 1 fully saturated rings. The molecule has 3 nitrogen and oxygen atoms in total. The molecule has 0 atom stereocenters. The molecule has 3 rings (SSSR count). The second kappa shape index (κ2) is 4.76. The molecule has 100 valence electrons. The molecule has 0 bridgehead atoms. The number of nitrogens with one attached hydrogen (secondary N) is 1. The summed E-state index contributed by atoms with van der Waals surface area (Å²) in [5, 5.41) is 9.63. The van der Waals surface area contributed by atoms with Gasteiger partial charge in [0.25, 0.3) is 0 Å². The zero-order valence-corrected chi connectivity index (χ0v) is 12.5. The van der Waals surface area contributed by atoms with Gasteiger partial charge < -0.3 is 10.1 Å². The highest BCUT2D eigenvalue weighted by Crippen LogP contribution is 2.42. The number of benzene rings is 1. The monoisotopic (exact) mass is 320 g/mol. The van der Waals surface area contributed by atoms with Gasteiger partial charge in [-0.25, -0.2) is 4.98 Å². The first-order valence-electron chi connectivity index (χ1n) is 6.58. The summed E-state index contributed by atoms with van der Waals surface area (Å²) >= 11 is 3.44. The van der Waals surface area contributed by atoms with Crippen LogP contribution in [-0.4, -0.2) is 21.7 Å². The van der Waals surface area contributed by atoms with Gasteiger partial charge in [-0.2, -0.15) is 0 Å². The lowest BCUT2D eigenvalue weighted by Gasteiger charge is -2.38. The van der Waals surface area contributed by atoms with Gasteiger partial charge in [0.15, 0.2) is 0 Å². The van der Waals surface area contributed by atoms with Crippen LogP contribution >= 0.6 is 15.9 Å². The van der Waals surface area contributed by atoms with Crippen molar-refractivity contribution in [2.24, 2.45) is 0 Å². The predicted octanol–water partition coefficient (Wildman–Crippen LogP) is 3.56. The van der Waals surface area contributed by atoms with Crippen LogP contribution in [-0.2, 0) is 5.41 Å². The average molecular weight is 321 g/mol. The van der Waals surface area contributed by atoms with Crippen molar-refractivity contribution in [2.75, 3.05) is 6.61 Å². The highest BCUT2D eigenvalue weighted by atomic mass is 79.9. The van der Waals surface area contributed by atoms with E-state index >= 15 is 0 Å². The first kappa shape index (κ1) is 12.9. The quantitative estimate of drug-likeness (QED) is 0.908. The summed E-state index contributed by atoms with van der Waals surface area (Å²) in [5.41, 5.74) is 3.04. The molecule has 0 aliphatic heterocycles. The molecule has 0 unspecified atom stereocenters. The molecule has 1 heterocycles. The van der Waals surface area contributed by atoms with E-state index in [0.717, 1.165) is 40.1 Å². The van der Waals surface area contributed by atoms with Crippen LogP contribution in [0.4, 0.5) is 0 Å². The van der Waals surface area contributed by atoms with Gasteiger partial charge in [-0.1, -0.05) is 34.5 Å². The molecule has 0 saturated heterocycles. The highest BCUT2D eigenvalue weighted by molar-refractivity contribution is 9.10. The minimum absolute atomic E-state index is 0.127. The summed E-state index contributed by atoms with van der Waals surface area (Å²) < 4.78 is 1.07. The van der Waals surface area contributed by atoms with Gasteiger partial charge in [-0.15, -0.1) is 0 Å². The van der Waals surface area contributed by atoms with Gasteiger partial charge in [0.2, 0.25) is 0 Å². The molecule has 1 aromatic heterocycles. The summed E-state index contributed by atoms with van der Waals surface area (Å²) in [4.78, 5) is 8.11. The molecule has 0 spiro atoms. The first-order chi connectivity index (χ1) is 9.14. The molecule has 0 radical (unpaired) electrons. The van der Waals surface area contributed by atoms with Crippen LogP contribution in [0.5, 0.6) is 0 Å². The summed E-state index contributed by atoms with van der Waals surface area (Å²) in [5.74, 6) is 0.941. The lowest BCUT2D eigenvalue weighted by atomic mass is 9.69. The van der Waals surface area contributed by atoms with Crippen molar-refractivity contribution >= 4 is 15.9 Å². The third-order valence-corrected chi connectivity index (χ3v) is 4.65. The fourth-order valence-corrected chi connectivity index (χ4v) is 2.94. The van der Waals surface area contributed by atoms with Gasteiger partial charge in [0, 0.05) is 15.7 Å². The van der Waals surface area contributed by atoms with E-state index in [1.165, 1.54) is 6.42 Å². The lowest BCUT2D eigenvalue weighted by molar-refractivity contribution is 0.113. The average Bonchev–Trinajstić information content (AvgIpc) is 2.72. The van der Waals surface area contributed by atoms with Crippen molar-refractivity contribution in [3.8, 4) is 11.3 Å². The minimum Gasteiger partial charge on any atom is -0.395 e. The van der Waals surface area contributed by atoms with Gasteiger partial charge in [0.1, 0.15) is 5.82 Å². The number of halogens is 1. The number of rotatable bonds is 3. The topological polar surface area (TPSA) is 48.9 Å². The first-order valence-corrected chi connectivity index (χ1v) is 7.38. The van der Waals surface area contributed by atoms with Crippen LogP contribution < -0.4 is 0 Å². The largest absolute Gasteiger partial charge is 0.395 e.